The molecule has 0 saturated heterocycles. The molecule has 30 heavy (non-hydrogen) atoms. The van der Waals surface area contributed by atoms with Crippen LogP contribution in [0.15, 0.2) is 65.5 Å². The van der Waals surface area contributed by atoms with Crippen molar-refractivity contribution in [3.63, 3.8) is 0 Å². The Labute approximate surface area is 168 Å². The summed E-state index contributed by atoms with van der Waals surface area (Å²) in [5.74, 6) is -0.608. The maximum atomic E-state index is 13.0. The first-order valence-electron chi connectivity index (χ1n) is 8.85. The number of aromatic hydroxyl groups is 2. The topological polar surface area (TPSA) is 78.2 Å². The van der Waals surface area contributed by atoms with E-state index in [9.17, 15) is 28.2 Å². The van der Waals surface area contributed by atoms with E-state index in [4.69, 9.17) is 0 Å². The molecule has 0 aliphatic rings. The molecule has 3 aromatic carbocycles. The van der Waals surface area contributed by atoms with E-state index in [0.29, 0.717) is 5.56 Å². The SMILES string of the molecule is O=c1[nH]c2cc(C(F)(F)F)ccc2n1-c1cc(/C=C/c2ccccc2)c(O)cc1O. The third kappa shape index (κ3) is 3.55. The lowest BCUT2D eigenvalue weighted by Gasteiger charge is -2.10. The van der Waals surface area contributed by atoms with Crippen molar-refractivity contribution < 1.29 is 23.4 Å². The number of aromatic amines is 1. The second kappa shape index (κ2) is 7.14. The number of fused-ring (bicyclic) bond motifs is 1. The molecule has 0 unspecified atom stereocenters. The number of imidazole rings is 1. The Morgan fingerprint density at radius 1 is 0.900 bits per heavy atom. The normalized spacial score (nSPS) is 12.1. The summed E-state index contributed by atoms with van der Waals surface area (Å²) in [5, 5.41) is 20.5. The maximum absolute atomic E-state index is 13.0. The van der Waals surface area contributed by atoms with Gasteiger partial charge in [-0.3, -0.25) is 4.57 Å². The summed E-state index contributed by atoms with van der Waals surface area (Å²) >= 11 is 0. The van der Waals surface area contributed by atoms with Gasteiger partial charge in [0.25, 0.3) is 0 Å². The van der Waals surface area contributed by atoms with Crippen LogP contribution in [0, 0.1) is 0 Å². The molecule has 4 aromatic rings. The average molecular weight is 412 g/mol. The van der Waals surface area contributed by atoms with Gasteiger partial charge in [-0.2, -0.15) is 13.2 Å². The molecule has 0 atom stereocenters. The van der Waals surface area contributed by atoms with E-state index in [-0.39, 0.29) is 22.5 Å². The van der Waals surface area contributed by atoms with Gasteiger partial charge in [0.05, 0.1) is 22.3 Å². The number of rotatable bonds is 3. The van der Waals surface area contributed by atoms with Crippen molar-refractivity contribution in [3.8, 4) is 17.2 Å². The number of benzene rings is 3. The summed E-state index contributed by atoms with van der Waals surface area (Å²) in [7, 11) is 0. The van der Waals surface area contributed by atoms with Crippen molar-refractivity contribution in [3.05, 3.63) is 87.8 Å². The minimum atomic E-state index is -4.55. The lowest BCUT2D eigenvalue weighted by molar-refractivity contribution is -0.137. The number of phenolic OH excluding ortho intramolecular Hbond substituents is 2. The van der Waals surface area contributed by atoms with Crippen molar-refractivity contribution in [1.82, 2.24) is 9.55 Å². The van der Waals surface area contributed by atoms with Gasteiger partial charge in [0.2, 0.25) is 0 Å². The Balaban J connectivity index is 1.84. The van der Waals surface area contributed by atoms with Crippen molar-refractivity contribution >= 4 is 23.2 Å². The van der Waals surface area contributed by atoms with E-state index >= 15 is 0 Å². The molecule has 0 spiro atoms. The highest BCUT2D eigenvalue weighted by Gasteiger charge is 2.31. The highest BCUT2D eigenvalue weighted by Crippen LogP contribution is 2.34. The van der Waals surface area contributed by atoms with Crippen LogP contribution < -0.4 is 5.69 Å². The van der Waals surface area contributed by atoms with Crippen LogP contribution in [0.1, 0.15) is 16.7 Å². The van der Waals surface area contributed by atoms with Crippen LogP contribution in [-0.2, 0) is 6.18 Å². The van der Waals surface area contributed by atoms with Crippen LogP contribution in [0.4, 0.5) is 13.2 Å². The molecule has 1 aromatic heterocycles. The highest BCUT2D eigenvalue weighted by atomic mass is 19.4. The van der Waals surface area contributed by atoms with Crippen LogP contribution in [0.25, 0.3) is 28.9 Å². The first-order chi connectivity index (χ1) is 14.2. The quantitative estimate of drug-likeness (QED) is 0.418. The van der Waals surface area contributed by atoms with Gasteiger partial charge in [-0.25, -0.2) is 4.79 Å². The van der Waals surface area contributed by atoms with Crippen molar-refractivity contribution in [1.29, 1.82) is 0 Å². The number of phenols is 2. The molecule has 0 aliphatic heterocycles. The number of H-pyrrole nitrogens is 1. The lowest BCUT2D eigenvalue weighted by Crippen LogP contribution is -2.14. The van der Waals surface area contributed by atoms with E-state index in [2.05, 4.69) is 4.98 Å². The standard InChI is InChI=1S/C22H15F3N2O3/c23-22(24,25)15-8-9-17-16(11-15)26-21(30)27(17)18-10-14(19(28)12-20(18)29)7-6-13-4-2-1-3-5-13/h1-12,28-29H,(H,26,30)/b7-6+. The molecular formula is C22H15F3N2O3. The first-order valence-corrected chi connectivity index (χ1v) is 8.85. The molecule has 0 saturated carbocycles. The third-order valence-corrected chi connectivity index (χ3v) is 4.63. The van der Waals surface area contributed by atoms with E-state index in [1.807, 2.05) is 30.3 Å². The second-order valence-electron chi connectivity index (χ2n) is 6.64. The number of nitrogens with one attached hydrogen (secondary N) is 1. The Kier molecular flexibility index (Phi) is 4.62. The molecule has 0 radical (unpaired) electrons. The summed E-state index contributed by atoms with van der Waals surface area (Å²) in [4.78, 5) is 14.8. The maximum Gasteiger partial charge on any atom is 0.416 e. The molecule has 4 rings (SSSR count). The first kappa shape index (κ1) is 19.4. The monoisotopic (exact) mass is 412 g/mol. The molecule has 5 nitrogen and oxygen atoms in total. The van der Waals surface area contributed by atoms with Gasteiger partial charge in [0.1, 0.15) is 11.5 Å². The predicted octanol–water partition coefficient (Wildman–Crippen LogP) is 4.92. The third-order valence-electron chi connectivity index (χ3n) is 4.63. The molecule has 0 aliphatic carbocycles. The molecule has 1 heterocycles. The molecule has 8 heteroatoms. The molecule has 0 fully saturated rings. The predicted molar refractivity (Wildman–Crippen MR) is 108 cm³/mol. The number of hydrogen-bond acceptors (Lipinski definition) is 3. The molecular weight excluding hydrogens is 397 g/mol. The van der Waals surface area contributed by atoms with Crippen LogP contribution in [0.2, 0.25) is 0 Å². The number of aromatic nitrogens is 2. The minimum absolute atomic E-state index is 0.0244. The minimum Gasteiger partial charge on any atom is -0.507 e. The zero-order chi connectivity index (χ0) is 21.5. The summed E-state index contributed by atoms with van der Waals surface area (Å²) in [5.41, 5.74) is -0.268. The van der Waals surface area contributed by atoms with Gasteiger partial charge < -0.3 is 15.2 Å². The van der Waals surface area contributed by atoms with Gasteiger partial charge in [-0.05, 0) is 29.8 Å². The molecule has 152 valence electrons. The van der Waals surface area contributed by atoms with E-state index in [1.54, 1.807) is 12.2 Å². The fraction of sp³-hybridized carbons (Fsp3) is 0.0455. The van der Waals surface area contributed by atoms with E-state index in [1.165, 1.54) is 6.07 Å². The van der Waals surface area contributed by atoms with Crippen LogP contribution >= 0.6 is 0 Å². The Morgan fingerprint density at radius 2 is 1.63 bits per heavy atom. The fourth-order valence-electron chi connectivity index (χ4n) is 3.17. The van der Waals surface area contributed by atoms with E-state index < -0.39 is 23.2 Å². The second-order valence-corrected chi connectivity index (χ2v) is 6.64. The summed E-state index contributed by atoms with van der Waals surface area (Å²) in [6.07, 6.45) is -1.21. The summed E-state index contributed by atoms with van der Waals surface area (Å²) in [6, 6.07) is 14.6. The van der Waals surface area contributed by atoms with Crippen molar-refractivity contribution in [2.45, 2.75) is 6.18 Å². The Morgan fingerprint density at radius 3 is 2.33 bits per heavy atom. The number of hydrogen-bond donors (Lipinski definition) is 3. The number of halogens is 3. The van der Waals surface area contributed by atoms with Crippen molar-refractivity contribution in [2.24, 2.45) is 0 Å². The number of nitrogens with zero attached hydrogens (tertiary/aromatic N) is 1. The fourth-order valence-corrected chi connectivity index (χ4v) is 3.17. The van der Waals surface area contributed by atoms with Gasteiger partial charge >= 0.3 is 11.9 Å². The summed E-state index contributed by atoms with van der Waals surface area (Å²) in [6.45, 7) is 0. The smallest absolute Gasteiger partial charge is 0.416 e. The Bertz CT molecular complexity index is 1320. The zero-order valence-corrected chi connectivity index (χ0v) is 15.3. The van der Waals surface area contributed by atoms with Gasteiger partial charge in [-0.1, -0.05) is 42.5 Å². The molecule has 3 N–H and O–H groups in total. The van der Waals surface area contributed by atoms with Crippen molar-refractivity contribution in [2.75, 3.05) is 0 Å². The largest absolute Gasteiger partial charge is 0.507 e. The van der Waals surface area contributed by atoms with Crippen LogP contribution in [-0.4, -0.2) is 19.8 Å². The zero-order valence-electron chi connectivity index (χ0n) is 15.3. The van der Waals surface area contributed by atoms with Crippen LogP contribution in [0.3, 0.4) is 0 Å². The van der Waals surface area contributed by atoms with Gasteiger partial charge in [0, 0.05) is 11.6 Å². The highest BCUT2D eigenvalue weighted by molar-refractivity contribution is 5.80. The van der Waals surface area contributed by atoms with Gasteiger partial charge in [-0.15, -0.1) is 0 Å². The van der Waals surface area contributed by atoms with E-state index in [0.717, 1.165) is 34.4 Å². The number of alkyl halides is 3. The summed E-state index contributed by atoms with van der Waals surface area (Å²) < 4.78 is 39.9. The Hall–Kier alpha value is -3.94. The van der Waals surface area contributed by atoms with Gasteiger partial charge in [0.15, 0.2) is 0 Å². The van der Waals surface area contributed by atoms with Crippen LogP contribution in [0.5, 0.6) is 11.5 Å². The molecule has 0 amide bonds. The molecule has 0 bridgehead atoms. The average Bonchev–Trinajstić information content (AvgIpc) is 3.02. The lowest BCUT2D eigenvalue weighted by atomic mass is 10.1.